The third-order valence-corrected chi connectivity index (χ3v) is 4.16. The summed E-state index contributed by atoms with van der Waals surface area (Å²) >= 11 is 0. The number of urea groups is 1. The van der Waals surface area contributed by atoms with Crippen LogP contribution in [0.3, 0.4) is 0 Å². The highest BCUT2D eigenvalue weighted by Gasteiger charge is 2.46. The lowest BCUT2D eigenvalue weighted by atomic mass is 9.98. The zero-order chi connectivity index (χ0) is 17.0. The van der Waals surface area contributed by atoms with Gasteiger partial charge in [0.25, 0.3) is 0 Å². The van der Waals surface area contributed by atoms with Crippen LogP contribution in [-0.2, 0) is 6.42 Å². The van der Waals surface area contributed by atoms with Gasteiger partial charge in [-0.05, 0) is 38.7 Å². The number of nitrogens with zero attached hydrogens (tertiary/aromatic N) is 1. The Balaban J connectivity index is 1.88. The number of hydrogen-bond donors (Lipinski definition) is 3. The molecule has 1 heterocycles. The van der Waals surface area contributed by atoms with E-state index in [1.54, 1.807) is 6.92 Å². The molecule has 1 aliphatic carbocycles. The molecule has 0 saturated heterocycles. The number of aromatic amines is 1. The van der Waals surface area contributed by atoms with E-state index in [1.165, 1.54) is 0 Å². The largest absolute Gasteiger partial charge is 0.408 e. The van der Waals surface area contributed by atoms with Gasteiger partial charge in [0, 0.05) is 18.2 Å². The number of aryl methyl sites for hydroxylation is 1. The summed E-state index contributed by atoms with van der Waals surface area (Å²) in [6.07, 6.45) is -1.38. The molecule has 1 aliphatic rings. The van der Waals surface area contributed by atoms with E-state index in [4.69, 9.17) is 0 Å². The molecule has 0 spiro atoms. The molecule has 5 nitrogen and oxygen atoms in total. The zero-order valence-electron chi connectivity index (χ0n) is 13.3. The Labute approximate surface area is 133 Å². The first-order valence-electron chi connectivity index (χ1n) is 7.90. The summed E-state index contributed by atoms with van der Waals surface area (Å²) < 4.78 is 39.5. The monoisotopic (exact) mass is 332 g/mol. The van der Waals surface area contributed by atoms with Crippen molar-refractivity contribution in [3.63, 3.8) is 0 Å². The molecular formula is C15H23F3N4O. The maximum Gasteiger partial charge on any atom is 0.408 e. The number of nitrogens with one attached hydrogen (secondary N) is 3. The molecule has 0 radical (unpaired) electrons. The predicted octanol–water partition coefficient (Wildman–Crippen LogP) is 3.07. The molecule has 2 unspecified atom stereocenters. The van der Waals surface area contributed by atoms with Crippen LogP contribution in [0.15, 0.2) is 6.07 Å². The minimum Gasteiger partial charge on any atom is -0.335 e. The molecule has 8 heteroatoms. The fourth-order valence-electron chi connectivity index (χ4n) is 3.11. The smallest absolute Gasteiger partial charge is 0.335 e. The molecule has 130 valence electrons. The number of carbonyl (C=O) groups is 1. The number of rotatable bonds is 5. The average Bonchev–Trinajstić information content (AvgIpc) is 3.06. The van der Waals surface area contributed by atoms with Crippen LogP contribution in [0.25, 0.3) is 0 Å². The van der Waals surface area contributed by atoms with Crippen LogP contribution in [0.2, 0.25) is 0 Å². The van der Waals surface area contributed by atoms with E-state index in [9.17, 15) is 18.0 Å². The van der Waals surface area contributed by atoms with Crippen LogP contribution in [0.1, 0.15) is 44.0 Å². The van der Waals surface area contributed by atoms with Gasteiger partial charge in [-0.3, -0.25) is 5.10 Å². The third-order valence-electron chi connectivity index (χ3n) is 4.16. The van der Waals surface area contributed by atoms with E-state index in [-0.39, 0.29) is 6.04 Å². The molecule has 0 aromatic carbocycles. The summed E-state index contributed by atoms with van der Waals surface area (Å²) in [4.78, 5) is 11.9. The van der Waals surface area contributed by atoms with Crippen LogP contribution in [-0.4, -0.2) is 34.5 Å². The van der Waals surface area contributed by atoms with Crippen molar-refractivity contribution in [3.8, 4) is 0 Å². The van der Waals surface area contributed by atoms with Crippen molar-refractivity contribution in [2.45, 2.75) is 64.2 Å². The van der Waals surface area contributed by atoms with E-state index < -0.39 is 24.2 Å². The summed E-state index contributed by atoms with van der Waals surface area (Å²) in [6, 6.07) is -1.02. The molecule has 0 bridgehead atoms. The van der Waals surface area contributed by atoms with Crippen molar-refractivity contribution >= 4 is 6.03 Å². The lowest BCUT2D eigenvalue weighted by molar-refractivity contribution is -0.164. The second-order valence-corrected chi connectivity index (χ2v) is 6.33. The molecule has 1 fully saturated rings. The first-order chi connectivity index (χ1) is 10.8. The highest BCUT2D eigenvalue weighted by molar-refractivity contribution is 5.74. The fourth-order valence-corrected chi connectivity index (χ4v) is 3.11. The summed E-state index contributed by atoms with van der Waals surface area (Å²) in [5.41, 5.74) is 1.66. The molecule has 2 atom stereocenters. The van der Waals surface area contributed by atoms with Gasteiger partial charge in [-0.1, -0.05) is 12.8 Å². The number of amides is 2. The van der Waals surface area contributed by atoms with E-state index in [1.807, 2.05) is 13.0 Å². The van der Waals surface area contributed by atoms with Crippen LogP contribution in [0.5, 0.6) is 0 Å². The van der Waals surface area contributed by atoms with E-state index in [2.05, 4.69) is 20.8 Å². The van der Waals surface area contributed by atoms with Gasteiger partial charge in [0.1, 0.15) is 6.04 Å². The quantitative estimate of drug-likeness (QED) is 0.775. The number of carbonyl (C=O) groups excluding carboxylic acids is 1. The first kappa shape index (κ1) is 17.6. The number of H-pyrrole nitrogens is 1. The Kier molecular flexibility index (Phi) is 5.54. The summed E-state index contributed by atoms with van der Waals surface area (Å²) in [6.45, 7) is 3.60. The van der Waals surface area contributed by atoms with Crippen LogP contribution in [0.4, 0.5) is 18.0 Å². The van der Waals surface area contributed by atoms with Crippen molar-refractivity contribution < 1.29 is 18.0 Å². The van der Waals surface area contributed by atoms with Gasteiger partial charge in [-0.15, -0.1) is 0 Å². The normalized spacial score (nSPS) is 18.7. The number of alkyl halides is 3. The molecule has 1 saturated carbocycles. The van der Waals surface area contributed by atoms with Crippen molar-refractivity contribution in [2.24, 2.45) is 5.92 Å². The van der Waals surface area contributed by atoms with Crippen molar-refractivity contribution in [1.82, 2.24) is 20.8 Å². The lowest BCUT2D eigenvalue weighted by Gasteiger charge is -2.27. The summed E-state index contributed by atoms with van der Waals surface area (Å²) in [7, 11) is 0. The fraction of sp³-hybridized carbons (Fsp3) is 0.733. The minimum atomic E-state index is -4.42. The molecule has 1 aromatic heterocycles. The van der Waals surface area contributed by atoms with E-state index in [0.29, 0.717) is 19.3 Å². The maximum absolute atomic E-state index is 13.2. The summed E-state index contributed by atoms with van der Waals surface area (Å²) in [5.74, 6) is -0.523. The molecule has 0 aliphatic heterocycles. The van der Waals surface area contributed by atoms with Crippen molar-refractivity contribution in [2.75, 3.05) is 0 Å². The molecule has 23 heavy (non-hydrogen) atoms. The predicted molar refractivity (Wildman–Crippen MR) is 80.0 cm³/mol. The molecule has 2 amide bonds. The van der Waals surface area contributed by atoms with Gasteiger partial charge in [0.05, 0.1) is 5.69 Å². The minimum absolute atomic E-state index is 0.310. The van der Waals surface area contributed by atoms with Gasteiger partial charge < -0.3 is 10.6 Å². The Morgan fingerprint density at radius 3 is 2.57 bits per heavy atom. The Bertz CT molecular complexity index is 523. The maximum atomic E-state index is 13.2. The third kappa shape index (κ3) is 5.14. The first-order valence-corrected chi connectivity index (χ1v) is 7.90. The molecule has 2 rings (SSSR count). The lowest BCUT2D eigenvalue weighted by Crippen LogP contribution is -2.54. The second kappa shape index (κ2) is 7.23. The van der Waals surface area contributed by atoms with Gasteiger partial charge in [0.2, 0.25) is 0 Å². The van der Waals surface area contributed by atoms with Gasteiger partial charge in [-0.2, -0.15) is 18.3 Å². The van der Waals surface area contributed by atoms with E-state index >= 15 is 0 Å². The van der Waals surface area contributed by atoms with E-state index in [0.717, 1.165) is 24.2 Å². The van der Waals surface area contributed by atoms with Gasteiger partial charge in [0.15, 0.2) is 0 Å². The highest BCUT2D eigenvalue weighted by Crippen LogP contribution is 2.35. The number of aromatic nitrogens is 2. The number of halogens is 3. The van der Waals surface area contributed by atoms with Crippen molar-refractivity contribution in [3.05, 3.63) is 17.5 Å². The Morgan fingerprint density at radius 1 is 1.39 bits per heavy atom. The van der Waals surface area contributed by atoms with Crippen LogP contribution >= 0.6 is 0 Å². The molecule has 1 aromatic rings. The Hall–Kier alpha value is -1.73. The molecule has 3 N–H and O–H groups in total. The topological polar surface area (TPSA) is 69.8 Å². The number of hydrogen-bond acceptors (Lipinski definition) is 2. The Morgan fingerprint density at radius 2 is 2.04 bits per heavy atom. The van der Waals surface area contributed by atoms with Crippen molar-refractivity contribution in [1.29, 1.82) is 0 Å². The average molecular weight is 332 g/mol. The summed E-state index contributed by atoms with van der Waals surface area (Å²) in [5, 5.41) is 11.5. The zero-order valence-corrected chi connectivity index (χ0v) is 13.3. The standard InChI is InChI=1S/C15H23F3N4O/c1-9(7-12-8-10(2)21-22-12)19-14(23)20-13(15(16,17)18)11-5-3-4-6-11/h8-9,11,13H,3-7H2,1-2H3,(H,21,22)(H2,19,20,23). The van der Waals surface area contributed by atoms with Crippen LogP contribution < -0.4 is 10.6 Å². The van der Waals surface area contributed by atoms with Crippen LogP contribution in [0, 0.1) is 12.8 Å². The van der Waals surface area contributed by atoms with Gasteiger partial charge >= 0.3 is 12.2 Å². The SMILES string of the molecule is Cc1cc(CC(C)NC(=O)NC(C2CCCC2)C(F)(F)F)n[nH]1. The second-order valence-electron chi connectivity index (χ2n) is 6.33. The molecular weight excluding hydrogens is 309 g/mol. The van der Waals surface area contributed by atoms with Gasteiger partial charge in [-0.25, -0.2) is 4.79 Å². The highest BCUT2D eigenvalue weighted by atomic mass is 19.4.